The van der Waals surface area contributed by atoms with E-state index in [9.17, 15) is 9.18 Å². The van der Waals surface area contributed by atoms with E-state index in [2.05, 4.69) is 20.8 Å². The lowest BCUT2D eigenvalue weighted by atomic mass is 9.78. The molecule has 2 heteroatoms. The van der Waals surface area contributed by atoms with Crippen LogP contribution in [0.3, 0.4) is 0 Å². The van der Waals surface area contributed by atoms with Gasteiger partial charge in [-0.2, -0.15) is 0 Å². The van der Waals surface area contributed by atoms with Crippen LogP contribution in [0.15, 0.2) is 18.2 Å². The third-order valence-electron chi connectivity index (χ3n) is 3.39. The number of ketones is 1. The third kappa shape index (κ3) is 3.65. The molecule has 1 aromatic rings. The van der Waals surface area contributed by atoms with Gasteiger partial charge in [0.25, 0.3) is 0 Å². The molecule has 1 aromatic carbocycles. The molecule has 0 saturated heterocycles. The van der Waals surface area contributed by atoms with Crippen molar-refractivity contribution < 1.29 is 9.18 Å². The summed E-state index contributed by atoms with van der Waals surface area (Å²) in [4.78, 5) is 12.0. The summed E-state index contributed by atoms with van der Waals surface area (Å²) in [5, 5.41) is 0. The van der Waals surface area contributed by atoms with Crippen molar-refractivity contribution in [2.45, 2.75) is 41.0 Å². The first kappa shape index (κ1) is 13.9. The number of carbonyl (C=O) groups is 1. The normalized spacial score (nSPS) is 13.5. The van der Waals surface area contributed by atoms with E-state index in [0.29, 0.717) is 6.42 Å². The Bertz CT molecular complexity index is 415. The predicted molar refractivity (Wildman–Crippen MR) is 68.7 cm³/mol. The highest BCUT2D eigenvalue weighted by molar-refractivity contribution is 5.96. The highest BCUT2D eigenvalue weighted by Gasteiger charge is 2.24. The molecule has 0 spiro atoms. The van der Waals surface area contributed by atoms with Gasteiger partial charge in [-0.25, -0.2) is 4.39 Å². The van der Waals surface area contributed by atoms with Crippen LogP contribution in [0.2, 0.25) is 0 Å². The van der Waals surface area contributed by atoms with Gasteiger partial charge in [0.1, 0.15) is 5.82 Å². The zero-order valence-electron chi connectivity index (χ0n) is 11.3. The lowest BCUT2D eigenvalue weighted by Gasteiger charge is -2.26. The van der Waals surface area contributed by atoms with Crippen molar-refractivity contribution in [3.63, 3.8) is 0 Å². The molecule has 0 fully saturated rings. The van der Waals surface area contributed by atoms with Crippen LogP contribution in [0, 0.1) is 24.1 Å². The minimum Gasteiger partial charge on any atom is -0.294 e. The second-order valence-electron chi connectivity index (χ2n) is 5.88. The minimum absolute atomic E-state index is 0.0654. The molecule has 1 unspecified atom stereocenters. The topological polar surface area (TPSA) is 17.1 Å². The lowest BCUT2D eigenvalue weighted by Crippen LogP contribution is -2.21. The molecule has 0 aliphatic heterocycles. The Balaban J connectivity index is 2.87. The van der Waals surface area contributed by atoms with Crippen molar-refractivity contribution in [1.82, 2.24) is 0 Å². The Morgan fingerprint density at radius 3 is 2.47 bits per heavy atom. The smallest absolute Gasteiger partial charge is 0.166 e. The van der Waals surface area contributed by atoms with Crippen molar-refractivity contribution >= 4 is 5.78 Å². The monoisotopic (exact) mass is 236 g/mol. The van der Waals surface area contributed by atoms with Gasteiger partial charge in [-0.1, -0.05) is 39.3 Å². The fourth-order valence-corrected chi connectivity index (χ4v) is 1.55. The summed E-state index contributed by atoms with van der Waals surface area (Å²) in [6.07, 6.45) is 0.393. The molecular weight excluding hydrogens is 215 g/mol. The number of halogens is 1. The second kappa shape index (κ2) is 4.99. The zero-order valence-corrected chi connectivity index (χ0v) is 11.3. The second-order valence-corrected chi connectivity index (χ2v) is 5.88. The number of benzene rings is 1. The summed E-state index contributed by atoms with van der Waals surface area (Å²) in [5.41, 5.74) is 1.20. The Kier molecular flexibility index (Phi) is 4.07. The molecule has 0 radical (unpaired) electrons. The molecule has 1 nitrogen and oxygen atoms in total. The first-order valence-corrected chi connectivity index (χ1v) is 6.01. The van der Waals surface area contributed by atoms with Crippen LogP contribution < -0.4 is 0 Å². The minimum atomic E-state index is -0.415. The van der Waals surface area contributed by atoms with Crippen LogP contribution in [-0.4, -0.2) is 5.78 Å². The van der Waals surface area contributed by atoms with E-state index in [1.54, 1.807) is 12.1 Å². The molecule has 0 bridgehead atoms. The van der Waals surface area contributed by atoms with Gasteiger partial charge < -0.3 is 0 Å². The molecule has 0 aromatic heterocycles. The molecule has 0 heterocycles. The van der Waals surface area contributed by atoms with Crippen LogP contribution in [-0.2, 0) is 0 Å². The Labute approximate surface area is 103 Å². The first-order valence-electron chi connectivity index (χ1n) is 6.01. The van der Waals surface area contributed by atoms with Gasteiger partial charge >= 0.3 is 0 Å². The van der Waals surface area contributed by atoms with Crippen LogP contribution >= 0.6 is 0 Å². The summed E-state index contributed by atoms with van der Waals surface area (Å²) in [7, 11) is 0. The van der Waals surface area contributed by atoms with Crippen molar-refractivity contribution in [2.24, 2.45) is 11.3 Å². The maximum atomic E-state index is 13.5. The number of hydrogen-bond donors (Lipinski definition) is 0. The Hall–Kier alpha value is -1.18. The lowest BCUT2D eigenvalue weighted by molar-refractivity contribution is 0.0923. The summed E-state index contributed by atoms with van der Waals surface area (Å²) < 4.78 is 13.5. The molecule has 0 aliphatic carbocycles. The van der Waals surface area contributed by atoms with Gasteiger partial charge in [-0.15, -0.1) is 0 Å². The van der Waals surface area contributed by atoms with Gasteiger partial charge in [-0.05, 0) is 30.4 Å². The molecule has 0 N–H and O–H groups in total. The average Bonchev–Trinajstić information content (AvgIpc) is 2.20. The summed E-state index contributed by atoms with van der Waals surface area (Å²) in [6, 6.07) is 4.68. The van der Waals surface area contributed by atoms with E-state index >= 15 is 0 Å². The van der Waals surface area contributed by atoms with Gasteiger partial charge in [0, 0.05) is 6.42 Å². The number of Topliss-reactive ketones (excluding diaryl/α,β-unsaturated/α-hetero) is 1. The zero-order chi connectivity index (χ0) is 13.2. The average molecular weight is 236 g/mol. The third-order valence-corrected chi connectivity index (χ3v) is 3.39. The van der Waals surface area contributed by atoms with Crippen LogP contribution in [0.25, 0.3) is 0 Å². The summed E-state index contributed by atoms with van der Waals surface area (Å²) in [6.45, 7) is 10.2. The fraction of sp³-hybridized carbons (Fsp3) is 0.533. The van der Waals surface area contributed by atoms with E-state index in [1.807, 2.05) is 13.8 Å². The quantitative estimate of drug-likeness (QED) is 0.711. The molecule has 0 amide bonds. The van der Waals surface area contributed by atoms with Crippen molar-refractivity contribution in [3.05, 3.63) is 35.1 Å². The largest absolute Gasteiger partial charge is 0.294 e. The van der Waals surface area contributed by atoms with Gasteiger partial charge in [-0.3, -0.25) is 4.79 Å². The van der Waals surface area contributed by atoms with Crippen LogP contribution in [0.1, 0.15) is 50.0 Å². The Morgan fingerprint density at radius 1 is 1.35 bits per heavy atom. The van der Waals surface area contributed by atoms with Gasteiger partial charge in [0.15, 0.2) is 5.78 Å². The molecule has 0 saturated carbocycles. The molecule has 94 valence electrons. The summed E-state index contributed by atoms with van der Waals surface area (Å²) >= 11 is 0. The maximum Gasteiger partial charge on any atom is 0.166 e. The molecule has 17 heavy (non-hydrogen) atoms. The highest BCUT2D eigenvalue weighted by Crippen LogP contribution is 2.29. The fourth-order valence-electron chi connectivity index (χ4n) is 1.55. The molecule has 0 aliphatic rings. The maximum absolute atomic E-state index is 13.5. The van der Waals surface area contributed by atoms with E-state index in [-0.39, 0.29) is 22.7 Å². The van der Waals surface area contributed by atoms with Crippen LogP contribution in [0.5, 0.6) is 0 Å². The highest BCUT2D eigenvalue weighted by atomic mass is 19.1. The standard InChI is InChI=1S/C15H21FO/c1-10-6-7-13(16)12(8-10)14(17)9-11(2)15(3,4)5/h6-8,11H,9H2,1-5H3. The molecule has 1 atom stereocenters. The van der Waals surface area contributed by atoms with E-state index in [0.717, 1.165) is 5.56 Å². The molecule has 1 rings (SSSR count). The van der Waals surface area contributed by atoms with Gasteiger partial charge in [0.05, 0.1) is 5.56 Å². The van der Waals surface area contributed by atoms with Crippen molar-refractivity contribution in [1.29, 1.82) is 0 Å². The van der Waals surface area contributed by atoms with E-state index in [1.165, 1.54) is 6.07 Å². The SMILES string of the molecule is Cc1ccc(F)c(C(=O)CC(C)C(C)(C)C)c1. The predicted octanol–water partition coefficient (Wildman–Crippen LogP) is 4.39. The number of rotatable bonds is 3. The molecular formula is C15H21FO. The number of aryl methyl sites for hydroxylation is 1. The van der Waals surface area contributed by atoms with Crippen LogP contribution in [0.4, 0.5) is 4.39 Å². The Morgan fingerprint density at radius 2 is 1.94 bits per heavy atom. The van der Waals surface area contributed by atoms with Crippen molar-refractivity contribution in [2.75, 3.05) is 0 Å². The number of carbonyl (C=O) groups excluding carboxylic acids is 1. The van der Waals surface area contributed by atoms with E-state index in [4.69, 9.17) is 0 Å². The summed E-state index contributed by atoms with van der Waals surface area (Å²) in [5.74, 6) is -0.287. The van der Waals surface area contributed by atoms with Crippen molar-refractivity contribution in [3.8, 4) is 0 Å². The first-order chi connectivity index (χ1) is 7.71. The van der Waals surface area contributed by atoms with E-state index < -0.39 is 5.82 Å². The number of hydrogen-bond acceptors (Lipinski definition) is 1. The van der Waals surface area contributed by atoms with Gasteiger partial charge in [0.2, 0.25) is 0 Å².